The Balaban J connectivity index is 3.94. The molecule has 3 atom stereocenters. The largest absolute Gasteiger partial charge is 0.756 e. The number of hydrogen-bond donors (Lipinski definition) is 2. The summed E-state index contributed by atoms with van der Waals surface area (Å²) < 4.78 is 23.5. The summed E-state index contributed by atoms with van der Waals surface area (Å²) in [5.74, 6) is -0.202. The van der Waals surface area contributed by atoms with E-state index in [4.69, 9.17) is 9.05 Å². The highest BCUT2D eigenvalue weighted by Crippen LogP contribution is 2.38. The van der Waals surface area contributed by atoms with Crippen LogP contribution in [0, 0.1) is 0 Å². The Morgan fingerprint density at radius 3 is 0.871 bits per heavy atom. The second kappa shape index (κ2) is 74.9. The zero-order chi connectivity index (χ0) is 67.6. The van der Waals surface area contributed by atoms with Crippen molar-refractivity contribution in [2.45, 2.75) is 456 Å². The maximum absolute atomic E-state index is 13.1. The van der Waals surface area contributed by atoms with E-state index in [2.05, 4.69) is 43.5 Å². The molecular weight excluding hydrogens is 1160 g/mol. The minimum Gasteiger partial charge on any atom is -0.756 e. The molecule has 0 aromatic rings. The van der Waals surface area contributed by atoms with Crippen molar-refractivity contribution in [2.24, 2.45) is 0 Å². The van der Waals surface area contributed by atoms with Gasteiger partial charge in [-0.3, -0.25) is 9.36 Å². The maximum Gasteiger partial charge on any atom is 0.268 e. The van der Waals surface area contributed by atoms with Gasteiger partial charge in [0.05, 0.1) is 39.9 Å². The first kappa shape index (κ1) is 91.7. The molecular formula is C84H165N2O6P. The van der Waals surface area contributed by atoms with Crippen molar-refractivity contribution >= 4 is 13.7 Å². The number of amides is 1. The summed E-state index contributed by atoms with van der Waals surface area (Å²) in [5.41, 5.74) is 0. The van der Waals surface area contributed by atoms with Gasteiger partial charge in [0.2, 0.25) is 5.91 Å². The lowest BCUT2D eigenvalue weighted by Crippen LogP contribution is -2.45. The van der Waals surface area contributed by atoms with Crippen LogP contribution in [-0.4, -0.2) is 68.5 Å². The maximum atomic E-state index is 13.1. The van der Waals surface area contributed by atoms with Gasteiger partial charge in [0.1, 0.15) is 13.2 Å². The zero-order valence-corrected chi connectivity index (χ0v) is 64.4. The van der Waals surface area contributed by atoms with Crippen LogP contribution in [0.2, 0.25) is 0 Å². The first-order valence-electron chi connectivity index (χ1n) is 41.9. The van der Waals surface area contributed by atoms with Gasteiger partial charge >= 0.3 is 0 Å². The van der Waals surface area contributed by atoms with E-state index in [1.165, 1.54) is 379 Å². The molecule has 552 valence electrons. The van der Waals surface area contributed by atoms with E-state index < -0.39 is 26.6 Å². The summed E-state index contributed by atoms with van der Waals surface area (Å²) in [7, 11) is 1.26. The predicted molar refractivity (Wildman–Crippen MR) is 408 cm³/mol. The minimum absolute atomic E-state index is 0.00690. The smallest absolute Gasteiger partial charge is 0.268 e. The van der Waals surface area contributed by atoms with Gasteiger partial charge in [-0.15, -0.1) is 0 Å². The predicted octanol–water partition coefficient (Wildman–Crippen LogP) is 26.9. The lowest BCUT2D eigenvalue weighted by atomic mass is 10.0. The van der Waals surface area contributed by atoms with Crippen molar-refractivity contribution in [3.05, 3.63) is 36.5 Å². The van der Waals surface area contributed by atoms with Crippen LogP contribution in [-0.2, 0) is 18.4 Å². The van der Waals surface area contributed by atoms with E-state index in [9.17, 15) is 19.4 Å². The van der Waals surface area contributed by atoms with E-state index in [-0.39, 0.29) is 12.5 Å². The molecule has 93 heavy (non-hydrogen) atoms. The van der Waals surface area contributed by atoms with Crippen LogP contribution in [0.3, 0.4) is 0 Å². The Kier molecular flexibility index (Phi) is 73.9. The van der Waals surface area contributed by atoms with Crippen molar-refractivity contribution in [1.82, 2.24) is 5.32 Å². The molecule has 0 rings (SSSR count). The van der Waals surface area contributed by atoms with Gasteiger partial charge in [-0.1, -0.05) is 429 Å². The Bertz CT molecular complexity index is 1610. The summed E-state index contributed by atoms with van der Waals surface area (Å²) in [6.07, 6.45) is 102. The lowest BCUT2D eigenvalue weighted by Gasteiger charge is -2.29. The third kappa shape index (κ3) is 77.9. The number of unbranched alkanes of at least 4 members (excludes halogenated alkanes) is 62. The summed E-state index contributed by atoms with van der Waals surface area (Å²) in [4.78, 5) is 25.7. The van der Waals surface area contributed by atoms with Gasteiger partial charge < -0.3 is 28.8 Å². The Morgan fingerprint density at radius 1 is 0.366 bits per heavy atom. The monoisotopic (exact) mass is 1330 g/mol. The first-order chi connectivity index (χ1) is 45.5. The molecule has 1 amide bonds. The average Bonchev–Trinajstić information content (AvgIpc) is 1.92. The fourth-order valence-corrected chi connectivity index (χ4v) is 13.9. The lowest BCUT2D eigenvalue weighted by molar-refractivity contribution is -0.870. The minimum atomic E-state index is -4.62. The van der Waals surface area contributed by atoms with Crippen molar-refractivity contribution in [3.63, 3.8) is 0 Å². The molecule has 0 saturated heterocycles. The van der Waals surface area contributed by atoms with Gasteiger partial charge in [0.25, 0.3) is 7.82 Å². The number of aliphatic hydroxyl groups is 1. The molecule has 0 aliphatic heterocycles. The second-order valence-electron chi connectivity index (χ2n) is 30.2. The summed E-state index contributed by atoms with van der Waals surface area (Å²) in [6.45, 7) is 4.70. The SMILES string of the molecule is CCCCCCCCCCCCCCCCCCCCCCC/C=C/CC/C=C/CC/C=C/C(O)C(COP(=O)([O-])OCC[N+](C)(C)C)NC(=O)CCCCCCCCCCCCCCCCCCCCCCCCCCCCCCCCCCCCCCCCCC. The van der Waals surface area contributed by atoms with Gasteiger partial charge in [-0.25, -0.2) is 0 Å². The molecule has 3 unspecified atom stereocenters. The number of phosphoric ester groups is 1. The third-order valence-electron chi connectivity index (χ3n) is 19.6. The molecule has 0 spiro atoms. The average molecular weight is 1330 g/mol. The van der Waals surface area contributed by atoms with Gasteiger partial charge in [-0.05, 0) is 44.9 Å². The molecule has 0 aromatic carbocycles. The standard InChI is InChI=1S/C84H165N2O6P/c1-6-8-10-12-14-16-18-20-22-24-26-28-30-32-34-36-38-39-40-41-42-43-44-45-46-48-50-52-54-56-58-60-62-64-66-68-70-72-74-76-78-84(88)85-82(81-92-93(89,90)91-80-79-86(3,4)5)83(87)77-75-73-71-69-67-65-63-61-59-57-55-53-51-49-47-37-35-33-31-29-27-25-23-21-19-17-15-13-11-9-7-2/h59,61,67,69,75,77,82-83,87H,6-58,60,62-66,68,70-74,76,78-81H2,1-5H3,(H-,85,88,89,90)/b61-59+,69-67+,77-75+. The second-order valence-corrected chi connectivity index (χ2v) is 31.6. The summed E-state index contributed by atoms with van der Waals surface area (Å²) in [6, 6.07) is -0.911. The fourth-order valence-electron chi connectivity index (χ4n) is 13.1. The van der Waals surface area contributed by atoms with Crippen LogP contribution in [0.1, 0.15) is 444 Å². The number of carbonyl (C=O) groups excluding carboxylic acids is 1. The van der Waals surface area contributed by atoms with Crippen LogP contribution in [0.15, 0.2) is 36.5 Å². The third-order valence-corrected chi connectivity index (χ3v) is 20.5. The number of nitrogens with one attached hydrogen (secondary N) is 1. The Labute approximate surface area is 582 Å². The molecule has 0 radical (unpaired) electrons. The van der Waals surface area contributed by atoms with E-state index in [0.717, 1.165) is 44.9 Å². The van der Waals surface area contributed by atoms with Crippen LogP contribution in [0.4, 0.5) is 0 Å². The van der Waals surface area contributed by atoms with Crippen LogP contribution < -0.4 is 10.2 Å². The number of nitrogens with zero attached hydrogens (tertiary/aromatic N) is 1. The fraction of sp³-hybridized carbons (Fsp3) is 0.917. The van der Waals surface area contributed by atoms with Crippen LogP contribution >= 0.6 is 7.82 Å². The van der Waals surface area contributed by atoms with E-state index >= 15 is 0 Å². The molecule has 8 nitrogen and oxygen atoms in total. The summed E-state index contributed by atoms with van der Waals surface area (Å²) in [5, 5.41) is 14.0. The van der Waals surface area contributed by atoms with E-state index in [1.54, 1.807) is 6.08 Å². The van der Waals surface area contributed by atoms with E-state index in [1.807, 2.05) is 27.2 Å². The highest BCUT2D eigenvalue weighted by atomic mass is 31.2. The Hall–Kier alpha value is -1.28. The first-order valence-corrected chi connectivity index (χ1v) is 43.3. The van der Waals surface area contributed by atoms with Crippen molar-refractivity contribution in [1.29, 1.82) is 0 Å². The molecule has 0 aliphatic carbocycles. The van der Waals surface area contributed by atoms with E-state index in [0.29, 0.717) is 17.4 Å². The Morgan fingerprint density at radius 2 is 0.602 bits per heavy atom. The highest BCUT2D eigenvalue weighted by Gasteiger charge is 2.23. The number of rotatable bonds is 79. The molecule has 0 fully saturated rings. The number of aliphatic hydroxyl groups excluding tert-OH is 1. The molecule has 0 saturated carbocycles. The molecule has 0 aromatic heterocycles. The van der Waals surface area contributed by atoms with Gasteiger partial charge in [-0.2, -0.15) is 0 Å². The molecule has 0 aliphatic rings. The van der Waals surface area contributed by atoms with Crippen molar-refractivity contribution in [3.8, 4) is 0 Å². The van der Waals surface area contributed by atoms with Gasteiger partial charge in [0, 0.05) is 6.42 Å². The number of phosphoric acid groups is 1. The molecule has 2 N–H and O–H groups in total. The number of hydrogen-bond acceptors (Lipinski definition) is 6. The number of likely N-dealkylation sites (N-methyl/N-ethyl adjacent to an activating group) is 1. The van der Waals surface area contributed by atoms with Crippen LogP contribution in [0.5, 0.6) is 0 Å². The van der Waals surface area contributed by atoms with Crippen LogP contribution in [0.25, 0.3) is 0 Å². The van der Waals surface area contributed by atoms with Crippen molar-refractivity contribution < 1.29 is 32.9 Å². The molecule has 0 bridgehead atoms. The molecule has 9 heteroatoms. The normalized spacial score (nSPS) is 13.6. The molecule has 0 heterocycles. The topological polar surface area (TPSA) is 108 Å². The number of quaternary nitrogens is 1. The quantitative estimate of drug-likeness (QED) is 0.0272. The number of allylic oxidation sites excluding steroid dienone is 5. The van der Waals surface area contributed by atoms with Gasteiger partial charge in [0.15, 0.2) is 0 Å². The van der Waals surface area contributed by atoms with Crippen molar-refractivity contribution in [2.75, 3.05) is 40.9 Å². The highest BCUT2D eigenvalue weighted by molar-refractivity contribution is 7.45. The zero-order valence-electron chi connectivity index (χ0n) is 63.5. The summed E-state index contributed by atoms with van der Waals surface area (Å²) >= 11 is 0. The number of carbonyl (C=O) groups is 1.